The van der Waals surface area contributed by atoms with Gasteiger partial charge in [-0.15, -0.1) is 0 Å². The SMILES string of the molecule is CC.CCN1CCC(N2CCN(C3CCN(C)CC3)CC2)CC1. The van der Waals surface area contributed by atoms with Gasteiger partial charge in [0.2, 0.25) is 0 Å². The van der Waals surface area contributed by atoms with Crippen LogP contribution in [-0.2, 0) is 0 Å². The molecular formula is C19H40N4. The van der Waals surface area contributed by atoms with Crippen LogP contribution in [0.3, 0.4) is 0 Å². The van der Waals surface area contributed by atoms with E-state index in [0.717, 1.165) is 12.1 Å². The van der Waals surface area contributed by atoms with E-state index in [0.29, 0.717) is 0 Å². The Morgan fingerprint density at radius 1 is 0.652 bits per heavy atom. The van der Waals surface area contributed by atoms with Crippen molar-refractivity contribution in [3.63, 3.8) is 0 Å². The Balaban J connectivity index is 0.000000924. The molecule has 0 radical (unpaired) electrons. The molecule has 0 atom stereocenters. The van der Waals surface area contributed by atoms with Gasteiger partial charge in [0, 0.05) is 38.3 Å². The van der Waals surface area contributed by atoms with E-state index in [-0.39, 0.29) is 0 Å². The summed E-state index contributed by atoms with van der Waals surface area (Å²) < 4.78 is 0. The second-order valence-corrected chi connectivity index (χ2v) is 7.27. The summed E-state index contributed by atoms with van der Waals surface area (Å²) in [6, 6.07) is 1.73. The third-order valence-electron chi connectivity index (χ3n) is 6.07. The summed E-state index contributed by atoms with van der Waals surface area (Å²) in [6.45, 7) is 18.0. The van der Waals surface area contributed by atoms with Crippen molar-refractivity contribution >= 4 is 0 Å². The normalized spacial score (nSPS) is 27.7. The number of piperazine rings is 1. The standard InChI is InChI=1S/C17H34N4.C2H6/c1-3-19-10-6-17(7-11-19)21-14-12-20(13-15-21)16-4-8-18(2)9-5-16;1-2/h16-17H,3-15H2,1-2H3;1-2H3. The summed E-state index contributed by atoms with van der Waals surface area (Å²) in [6.07, 6.45) is 5.54. The molecule has 3 aliphatic rings. The van der Waals surface area contributed by atoms with Gasteiger partial charge < -0.3 is 9.80 Å². The third-order valence-corrected chi connectivity index (χ3v) is 6.07. The lowest BCUT2D eigenvalue weighted by atomic mass is 10.00. The van der Waals surface area contributed by atoms with Crippen molar-refractivity contribution in [2.45, 2.75) is 58.5 Å². The van der Waals surface area contributed by atoms with Gasteiger partial charge in [-0.25, -0.2) is 0 Å². The molecule has 0 N–H and O–H groups in total. The average molecular weight is 325 g/mol. The number of hydrogen-bond donors (Lipinski definition) is 0. The van der Waals surface area contributed by atoms with Gasteiger partial charge in [-0.3, -0.25) is 9.80 Å². The van der Waals surface area contributed by atoms with Gasteiger partial charge in [-0.2, -0.15) is 0 Å². The van der Waals surface area contributed by atoms with Crippen molar-refractivity contribution in [3.8, 4) is 0 Å². The van der Waals surface area contributed by atoms with Crippen LogP contribution >= 0.6 is 0 Å². The fraction of sp³-hybridized carbons (Fsp3) is 1.00. The molecule has 0 aromatic carbocycles. The molecule has 136 valence electrons. The zero-order chi connectivity index (χ0) is 16.7. The molecule has 0 spiro atoms. The Hall–Kier alpha value is -0.160. The highest BCUT2D eigenvalue weighted by Crippen LogP contribution is 2.21. The van der Waals surface area contributed by atoms with Crippen molar-refractivity contribution in [3.05, 3.63) is 0 Å². The molecule has 3 fully saturated rings. The fourth-order valence-electron chi connectivity index (χ4n) is 4.43. The molecule has 4 heteroatoms. The molecule has 0 aromatic heterocycles. The fourth-order valence-corrected chi connectivity index (χ4v) is 4.43. The lowest BCUT2D eigenvalue weighted by Crippen LogP contribution is -2.56. The van der Waals surface area contributed by atoms with Crippen LogP contribution in [-0.4, -0.2) is 97.6 Å². The van der Waals surface area contributed by atoms with Gasteiger partial charge in [0.1, 0.15) is 0 Å². The van der Waals surface area contributed by atoms with Crippen LogP contribution in [0.2, 0.25) is 0 Å². The second kappa shape index (κ2) is 9.97. The van der Waals surface area contributed by atoms with E-state index in [2.05, 4.69) is 33.6 Å². The van der Waals surface area contributed by atoms with Crippen molar-refractivity contribution in [2.24, 2.45) is 0 Å². The molecule has 0 amide bonds. The maximum absolute atomic E-state index is 2.79. The van der Waals surface area contributed by atoms with Gasteiger partial charge in [0.05, 0.1) is 0 Å². The molecule has 0 saturated carbocycles. The zero-order valence-corrected chi connectivity index (χ0v) is 16.1. The van der Waals surface area contributed by atoms with E-state index < -0.39 is 0 Å². The summed E-state index contributed by atoms with van der Waals surface area (Å²) in [4.78, 5) is 10.7. The molecule has 3 rings (SSSR count). The Kier molecular flexibility index (Phi) is 8.31. The Labute approximate surface area is 144 Å². The number of nitrogens with zero attached hydrogens (tertiary/aromatic N) is 4. The van der Waals surface area contributed by atoms with Crippen LogP contribution in [0.1, 0.15) is 46.5 Å². The maximum Gasteiger partial charge on any atom is 0.0121 e. The largest absolute Gasteiger partial charge is 0.306 e. The molecule has 3 heterocycles. The van der Waals surface area contributed by atoms with Crippen molar-refractivity contribution in [2.75, 3.05) is 66.0 Å². The summed E-state index contributed by atoms with van der Waals surface area (Å²) >= 11 is 0. The first-order valence-corrected chi connectivity index (χ1v) is 10.1. The first-order chi connectivity index (χ1) is 11.3. The van der Waals surface area contributed by atoms with E-state index in [4.69, 9.17) is 0 Å². The van der Waals surface area contributed by atoms with Gasteiger partial charge in [0.15, 0.2) is 0 Å². The van der Waals surface area contributed by atoms with Crippen molar-refractivity contribution < 1.29 is 0 Å². The molecule has 0 unspecified atom stereocenters. The molecular weight excluding hydrogens is 284 g/mol. The molecule has 4 nitrogen and oxygen atoms in total. The number of likely N-dealkylation sites (tertiary alicyclic amines) is 2. The third kappa shape index (κ3) is 5.42. The number of hydrogen-bond acceptors (Lipinski definition) is 4. The minimum atomic E-state index is 0.866. The lowest BCUT2D eigenvalue weighted by Gasteiger charge is -2.46. The highest BCUT2D eigenvalue weighted by molar-refractivity contribution is 4.86. The molecule has 3 aliphatic heterocycles. The van der Waals surface area contributed by atoms with E-state index in [1.165, 1.54) is 84.6 Å². The molecule has 23 heavy (non-hydrogen) atoms. The number of piperidine rings is 2. The van der Waals surface area contributed by atoms with Crippen LogP contribution in [0, 0.1) is 0 Å². The molecule has 0 aliphatic carbocycles. The Bertz CT molecular complexity index is 298. The first-order valence-electron chi connectivity index (χ1n) is 10.1. The van der Waals surface area contributed by atoms with Gasteiger partial charge in [-0.05, 0) is 65.5 Å². The van der Waals surface area contributed by atoms with Crippen LogP contribution in [0.25, 0.3) is 0 Å². The van der Waals surface area contributed by atoms with Gasteiger partial charge >= 0.3 is 0 Å². The van der Waals surface area contributed by atoms with Crippen molar-refractivity contribution in [1.82, 2.24) is 19.6 Å². The van der Waals surface area contributed by atoms with E-state index in [1.807, 2.05) is 13.8 Å². The monoisotopic (exact) mass is 324 g/mol. The summed E-state index contributed by atoms with van der Waals surface area (Å²) in [7, 11) is 2.26. The highest BCUT2D eigenvalue weighted by Gasteiger charge is 2.30. The Morgan fingerprint density at radius 2 is 1.04 bits per heavy atom. The molecule has 0 aromatic rings. The predicted molar refractivity (Wildman–Crippen MR) is 100 cm³/mol. The predicted octanol–water partition coefficient (Wildman–Crippen LogP) is 2.21. The number of rotatable bonds is 3. The first kappa shape index (κ1) is 19.2. The van der Waals surface area contributed by atoms with E-state index in [1.54, 1.807) is 0 Å². The van der Waals surface area contributed by atoms with Crippen LogP contribution in [0.4, 0.5) is 0 Å². The Morgan fingerprint density at radius 3 is 1.43 bits per heavy atom. The summed E-state index contributed by atoms with van der Waals surface area (Å²) in [5.41, 5.74) is 0. The highest BCUT2D eigenvalue weighted by atomic mass is 15.3. The minimum absolute atomic E-state index is 0.866. The molecule has 3 saturated heterocycles. The van der Waals surface area contributed by atoms with Gasteiger partial charge in [0.25, 0.3) is 0 Å². The topological polar surface area (TPSA) is 13.0 Å². The van der Waals surface area contributed by atoms with E-state index in [9.17, 15) is 0 Å². The van der Waals surface area contributed by atoms with E-state index >= 15 is 0 Å². The lowest BCUT2D eigenvalue weighted by molar-refractivity contribution is 0.0290. The van der Waals surface area contributed by atoms with Crippen molar-refractivity contribution in [1.29, 1.82) is 0 Å². The maximum atomic E-state index is 2.79. The smallest absolute Gasteiger partial charge is 0.0121 e. The second-order valence-electron chi connectivity index (χ2n) is 7.27. The summed E-state index contributed by atoms with van der Waals surface area (Å²) in [5, 5.41) is 0. The van der Waals surface area contributed by atoms with Crippen LogP contribution in [0.5, 0.6) is 0 Å². The summed E-state index contributed by atoms with van der Waals surface area (Å²) in [5.74, 6) is 0. The minimum Gasteiger partial charge on any atom is -0.306 e. The van der Waals surface area contributed by atoms with Crippen LogP contribution < -0.4 is 0 Å². The zero-order valence-electron chi connectivity index (χ0n) is 16.1. The van der Waals surface area contributed by atoms with Gasteiger partial charge in [-0.1, -0.05) is 20.8 Å². The van der Waals surface area contributed by atoms with Crippen LogP contribution in [0.15, 0.2) is 0 Å². The molecule has 0 bridgehead atoms. The average Bonchev–Trinajstić information content (AvgIpc) is 2.64. The quantitative estimate of drug-likeness (QED) is 0.789.